The zero-order chi connectivity index (χ0) is 45.3. The van der Waals surface area contributed by atoms with Crippen LogP contribution in [0.1, 0.15) is 264 Å². The minimum absolute atomic E-state index is 0.0543. The summed E-state index contributed by atoms with van der Waals surface area (Å²) in [7, 11) is -4.38. The van der Waals surface area contributed by atoms with Gasteiger partial charge in [0.1, 0.15) is 6.61 Å². The third kappa shape index (κ3) is 48.0. The van der Waals surface area contributed by atoms with Gasteiger partial charge in [0.25, 0.3) is 0 Å². The van der Waals surface area contributed by atoms with E-state index in [9.17, 15) is 19.0 Å². The summed E-state index contributed by atoms with van der Waals surface area (Å²) in [5.74, 6) is -0.822. The molecule has 0 fully saturated rings. The Bertz CT molecular complexity index is 1070. The van der Waals surface area contributed by atoms with Crippen LogP contribution in [0.2, 0.25) is 0 Å². The third-order valence-corrected chi connectivity index (χ3v) is 12.5. The first-order valence-electron chi connectivity index (χ1n) is 26.3. The van der Waals surface area contributed by atoms with E-state index in [1.165, 1.54) is 186 Å². The van der Waals surface area contributed by atoms with Crippen molar-refractivity contribution in [2.45, 2.75) is 270 Å². The number of unbranched alkanes of at least 4 members (excludes halogenated alkanes) is 33. The predicted octanol–water partition coefficient (Wildman–Crippen LogP) is 15.9. The van der Waals surface area contributed by atoms with Crippen molar-refractivity contribution in [2.75, 3.05) is 26.4 Å². The molecule has 9 nitrogen and oxygen atoms in total. The van der Waals surface area contributed by atoms with Crippen molar-refractivity contribution in [3.63, 3.8) is 0 Å². The monoisotopic (exact) mass is 898 g/mol. The maximum atomic E-state index is 12.7. The van der Waals surface area contributed by atoms with E-state index in [-0.39, 0.29) is 38.6 Å². The van der Waals surface area contributed by atoms with Gasteiger partial charge in [0.15, 0.2) is 6.10 Å². The predicted molar refractivity (Wildman–Crippen MR) is 261 cm³/mol. The van der Waals surface area contributed by atoms with Crippen LogP contribution >= 0.6 is 7.82 Å². The molecule has 0 aromatic rings. The summed E-state index contributed by atoms with van der Waals surface area (Å²) in [6, 6.07) is 0. The highest BCUT2D eigenvalue weighted by Gasteiger charge is 2.26. The minimum atomic E-state index is -4.38. The first kappa shape index (κ1) is 60.5. The maximum Gasteiger partial charge on any atom is 0.472 e. The number of carbonyl (C=O) groups is 2. The molecule has 0 radical (unpaired) electrons. The van der Waals surface area contributed by atoms with Crippen molar-refractivity contribution in [3.05, 3.63) is 24.3 Å². The van der Waals surface area contributed by atoms with Crippen LogP contribution in [0.5, 0.6) is 0 Å². The number of phosphoric acid groups is 1. The van der Waals surface area contributed by atoms with Crippen LogP contribution in [0.15, 0.2) is 24.3 Å². The molecule has 0 bridgehead atoms. The first-order chi connectivity index (χ1) is 30.3. The Labute approximate surface area is 382 Å². The summed E-state index contributed by atoms with van der Waals surface area (Å²) in [6.45, 7) is 3.77. The molecule has 3 N–H and O–H groups in total. The second kappa shape index (κ2) is 48.9. The van der Waals surface area contributed by atoms with Crippen molar-refractivity contribution < 1.29 is 37.6 Å². The van der Waals surface area contributed by atoms with E-state index in [0.29, 0.717) is 6.42 Å². The van der Waals surface area contributed by atoms with E-state index in [2.05, 4.69) is 38.2 Å². The quantitative estimate of drug-likeness (QED) is 0.0265. The van der Waals surface area contributed by atoms with Crippen LogP contribution in [0, 0.1) is 0 Å². The lowest BCUT2D eigenvalue weighted by Crippen LogP contribution is -2.29. The van der Waals surface area contributed by atoms with Gasteiger partial charge < -0.3 is 20.1 Å². The Morgan fingerprint density at radius 3 is 1.15 bits per heavy atom. The van der Waals surface area contributed by atoms with E-state index in [1.807, 2.05) is 0 Å². The van der Waals surface area contributed by atoms with Gasteiger partial charge in [-0.1, -0.05) is 212 Å². The Morgan fingerprint density at radius 1 is 0.468 bits per heavy atom. The minimum Gasteiger partial charge on any atom is -0.462 e. The van der Waals surface area contributed by atoms with Crippen molar-refractivity contribution in [1.82, 2.24) is 0 Å². The summed E-state index contributed by atoms with van der Waals surface area (Å²) in [5, 5.41) is 0. The Morgan fingerprint density at radius 2 is 0.790 bits per heavy atom. The number of phosphoric ester groups is 1. The van der Waals surface area contributed by atoms with Crippen LogP contribution in [-0.2, 0) is 32.7 Å². The van der Waals surface area contributed by atoms with E-state index in [1.54, 1.807) is 0 Å². The lowest BCUT2D eigenvalue weighted by atomic mass is 10.0. The van der Waals surface area contributed by atoms with Gasteiger partial charge in [0.05, 0.1) is 13.2 Å². The number of esters is 2. The zero-order valence-electron chi connectivity index (χ0n) is 40.6. The smallest absolute Gasteiger partial charge is 0.462 e. The average molecular weight is 898 g/mol. The molecule has 0 aromatic heterocycles. The van der Waals surface area contributed by atoms with E-state index in [4.69, 9.17) is 24.3 Å². The topological polar surface area (TPSA) is 134 Å². The van der Waals surface area contributed by atoms with Gasteiger partial charge in [-0.2, -0.15) is 0 Å². The van der Waals surface area contributed by atoms with Crippen LogP contribution < -0.4 is 5.73 Å². The molecule has 366 valence electrons. The fraction of sp³-hybridized carbons (Fsp3) is 0.885. The molecule has 10 heteroatoms. The molecule has 0 rings (SSSR count). The van der Waals surface area contributed by atoms with Crippen LogP contribution in [-0.4, -0.2) is 49.3 Å². The van der Waals surface area contributed by atoms with Crippen molar-refractivity contribution >= 4 is 19.8 Å². The molecule has 0 spiro atoms. The van der Waals surface area contributed by atoms with Crippen LogP contribution in [0.25, 0.3) is 0 Å². The number of allylic oxidation sites excluding steroid dienone is 4. The summed E-state index contributed by atoms with van der Waals surface area (Å²) in [6.07, 6.45) is 55.0. The Hall–Kier alpha value is -1.51. The fourth-order valence-corrected chi connectivity index (χ4v) is 8.39. The van der Waals surface area contributed by atoms with Crippen molar-refractivity contribution in [3.8, 4) is 0 Å². The number of nitrogens with two attached hydrogens (primary N) is 1. The van der Waals surface area contributed by atoms with Crippen LogP contribution in [0.3, 0.4) is 0 Å². The number of ether oxygens (including phenoxy) is 2. The summed E-state index contributed by atoms with van der Waals surface area (Å²) in [4.78, 5) is 35.1. The second-order valence-corrected chi connectivity index (χ2v) is 19.2. The standard InChI is InChI=1S/C52H100NO8P/c1-3-5-7-9-11-13-15-17-19-21-23-24-25-26-27-29-31-33-35-37-39-41-43-45-52(55)61-50(49-60-62(56,57)59-47-46-53)48-58-51(54)44-42-40-38-36-34-32-30-28-22-20-18-16-14-12-10-8-6-4-2/h20-23,50H,3-19,24-49,53H2,1-2H3,(H,56,57)/b22-20-,23-21-. The molecule has 0 amide bonds. The molecular weight excluding hydrogens is 798 g/mol. The van der Waals surface area contributed by atoms with Gasteiger partial charge in [-0.05, 0) is 64.2 Å². The highest BCUT2D eigenvalue weighted by molar-refractivity contribution is 7.47. The lowest BCUT2D eigenvalue weighted by molar-refractivity contribution is -0.161. The molecule has 0 aromatic carbocycles. The SMILES string of the molecule is CCCCCCCCC/C=C\CCCCCCCCCC(=O)OCC(COP(=O)(O)OCCN)OC(=O)CCCCCCCCCCCCC/C=C\CCCCCCCCCC. The highest BCUT2D eigenvalue weighted by atomic mass is 31.2. The van der Waals surface area contributed by atoms with Gasteiger partial charge in [-0.3, -0.25) is 18.6 Å². The first-order valence-corrected chi connectivity index (χ1v) is 27.8. The molecule has 0 aliphatic carbocycles. The fourth-order valence-electron chi connectivity index (χ4n) is 7.63. The van der Waals surface area contributed by atoms with E-state index >= 15 is 0 Å². The lowest BCUT2D eigenvalue weighted by Gasteiger charge is -2.19. The molecular formula is C52H100NO8P. The summed E-state index contributed by atoms with van der Waals surface area (Å²) >= 11 is 0. The largest absolute Gasteiger partial charge is 0.472 e. The Kier molecular flexibility index (Phi) is 47.7. The van der Waals surface area contributed by atoms with Gasteiger partial charge in [-0.25, -0.2) is 4.57 Å². The van der Waals surface area contributed by atoms with Gasteiger partial charge in [0.2, 0.25) is 0 Å². The molecule has 2 atom stereocenters. The van der Waals surface area contributed by atoms with E-state index in [0.717, 1.165) is 44.9 Å². The normalized spacial score (nSPS) is 13.3. The number of hydrogen-bond donors (Lipinski definition) is 2. The number of rotatable bonds is 50. The van der Waals surface area contributed by atoms with Gasteiger partial charge in [-0.15, -0.1) is 0 Å². The Balaban J connectivity index is 4.01. The average Bonchev–Trinajstić information content (AvgIpc) is 3.26. The van der Waals surface area contributed by atoms with Crippen LogP contribution in [0.4, 0.5) is 0 Å². The zero-order valence-corrected chi connectivity index (χ0v) is 41.5. The molecule has 0 aliphatic heterocycles. The molecule has 0 heterocycles. The van der Waals surface area contributed by atoms with Gasteiger partial charge >= 0.3 is 19.8 Å². The van der Waals surface area contributed by atoms with Crippen molar-refractivity contribution in [2.24, 2.45) is 5.73 Å². The second-order valence-electron chi connectivity index (χ2n) is 17.7. The summed E-state index contributed by atoms with van der Waals surface area (Å²) < 4.78 is 32.9. The highest BCUT2D eigenvalue weighted by Crippen LogP contribution is 2.43. The number of carbonyl (C=O) groups excluding carboxylic acids is 2. The van der Waals surface area contributed by atoms with Crippen molar-refractivity contribution in [1.29, 1.82) is 0 Å². The van der Waals surface area contributed by atoms with E-state index < -0.39 is 26.5 Å². The number of hydrogen-bond acceptors (Lipinski definition) is 8. The molecule has 0 aliphatic rings. The molecule has 0 saturated heterocycles. The maximum absolute atomic E-state index is 12.7. The van der Waals surface area contributed by atoms with Gasteiger partial charge in [0, 0.05) is 19.4 Å². The summed E-state index contributed by atoms with van der Waals surface area (Å²) in [5.41, 5.74) is 5.37. The molecule has 62 heavy (non-hydrogen) atoms. The molecule has 0 saturated carbocycles. The third-order valence-electron chi connectivity index (χ3n) is 11.6. The molecule has 2 unspecified atom stereocenters.